The lowest BCUT2D eigenvalue weighted by Crippen LogP contribution is -1.77. The van der Waals surface area contributed by atoms with E-state index >= 15 is 0 Å². The lowest BCUT2D eigenvalue weighted by atomic mass is 10.2. The zero-order chi connectivity index (χ0) is 5.82. The van der Waals surface area contributed by atoms with Crippen molar-refractivity contribution in [2.45, 2.75) is 12.8 Å². The smallest absolute Gasteiger partial charge is 0.0307 e. The third-order valence-corrected chi connectivity index (χ3v) is 1.58. The second kappa shape index (κ2) is 2.95. The molecule has 0 aromatic carbocycles. The molecule has 0 amide bonds. The Morgan fingerprint density at radius 1 is 1.50 bits per heavy atom. The highest BCUT2D eigenvalue weighted by atomic mass is 32.2. The number of rotatable bonds is 1. The Bertz CT molecular complexity index is 126. The van der Waals surface area contributed by atoms with E-state index in [1.807, 2.05) is 12.2 Å². The van der Waals surface area contributed by atoms with Gasteiger partial charge in [-0.2, -0.15) is 0 Å². The quantitative estimate of drug-likeness (QED) is 0.547. The van der Waals surface area contributed by atoms with E-state index in [0.29, 0.717) is 0 Å². The third kappa shape index (κ3) is 1.39. The predicted octanol–water partition coefficient (Wildman–Crippen LogP) is 2.43. The van der Waals surface area contributed by atoms with Gasteiger partial charge in [0.2, 0.25) is 0 Å². The molecule has 44 valence electrons. The van der Waals surface area contributed by atoms with Crippen molar-refractivity contribution in [1.82, 2.24) is 0 Å². The maximum atomic E-state index is 8.49. The molecule has 0 aliphatic heterocycles. The standard InChI is InChI=1S/C6H8OS/c7-8-6-4-2-1-3-5-6/h2,4-5,7H,1,3H2. The van der Waals surface area contributed by atoms with Crippen molar-refractivity contribution in [1.29, 1.82) is 0 Å². The summed E-state index contributed by atoms with van der Waals surface area (Å²) >= 11 is 0.820. The molecule has 0 radical (unpaired) electrons. The molecule has 1 aliphatic rings. The van der Waals surface area contributed by atoms with Gasteiger partial charge in [-0.25, -0.2) is 0 Å². The fourth-order valence-electron chi connectivity index (χ4n) is 0.657. The monoisotopic (exact) mass is 128 g/mol. The summed E-state index contributed by atoms with van der Waals surface area (Å²) in [5, 5.41) is 0. The van der Waals surface area contributed by atoms with E-state index < -0.39 is 0 Å². The van der Waals surface area contributed by atoms with Gasteiger partial charge < -0.3 is 4.55 Å². The van der Waals surface area contributed by atoms with Crippen molar-refractivity contribution < 1.29 is 4.55 Å². The Kier molecular flexibility index (Phi) is 2.18. The summed E-state index contributed by atoms with van der Waals surface area (Å²) in [6.07, 6.45) is 8.22. The maximum Gasteiger partial charge on any atom is 0.0307 e. The predicted molar refractivity (Wildman–Crippen MR) is 36.7 cm³/mol. The molecule has 8 heavy (non-hydrogen) atoms. The highest BCUT2D eigenvalue weighted by Crippen LogP contribution is 2.18. The summed E-state index contributed by atoms with van der Waals surface area (Å²) in [6, 6.07) is 0. The summed E-state index contributed by atoms with van der Waals surface area (Å²) in [7, 11) is 0. The van der Waals surface area contributed by atoms with Crippen LogP contribution in [-0.4, -0.2) is 4.55 Å². The van der Waals surface area contributed by atoms with Crippen LogP contribution in [0.4, 0.5) is 0 Å². The van der Waals surface area contributed by atoms with E-state index in [-0.39, 0.29) is 0 Å². The Morgan fingerprint density at radius 2 is 2.38 bits per heavy atom. The topological polar surface area (TPSA) is 20.2 Å². The zero-order valence-corrected chi connectivity index (χ0v) is 5.32. The van der Waals surface area contributed by atoms with Gasteiger partial charge in [-0.1, -0.05) is 18.2 Å². The molecule has 0 saturated carbocycles. The summed E-state index contributed by atoms with van der Waals surface area (Å²) in [5.74, 6) is 0. The average molecular weight is 128 g/mol. The van der Waals surface area contributed by atoms with Crippen molar-refractivity contribution in [2.75, 3.05) is 0 Å². The van der Waals surface area contributed by atoms with Gasteiger partial charge >= 0.3 is 0 Å². The van der Waals surface area contributed by atoms with Gasteiger partial charge in [0.25, 0.3) is 0 Å². The molecule has 0 fully saturated rings. The van der Waals surface area contributed by atoms with E-state index in [4.69, 9.17) is 4.55 Å². The van der Waals surface area contributed by atoms with Gasteiger partial charge in [0.15, 0.2) is 0 Å². The van der Waals surface area contributed by atoms with E-state index in [0.717, 1.165) is 29.8 Å². The molecular formula is C6H8OS. The van der Waals surface area contributed by atoms with Crippen LogP contribution in [0, 0.1) is 0 Å². The van der Waals surface area contributed by atoms with Crippen LogP contribution in [0.15, 0.2) is 23.1 Å². The second-order valence-electron chi connectivity index (χ2n) is 1.68. The lowest BCUT2D eigenvalue weighted by molar-refractivity contribution is 0.669. The van der Waals surface area contributed by atoms with Crippen LogP contribution < -0.4 is 0 Å². The van der Waals surface area contributed by atoms with Gasteiger partial charge in [-0.05, 0) is 12.8 Å². The summed E-state index contributed by atoms with van der Waals surface area (Å²) in [4.78, 5) is 0.969. The van der Waals surface area contributed by atoms with E-state index in [9.17, 15) is 0 Å². The Balaban J connectivity index is 2.51. The first-order valence-corrected chi connectivity index (χ1v) is 3.39. The summed E-state index contributed by atoms with van der Waals surface area (Å²) < 4.78 is 8.49. The van der Waals surface area contributed by atoms with Crippen molar-refractivity contribution in [2.24, 2.45) is 0 Å². The molecule has 0 aromatic heterocycles. The maximum absolute atomic E-state index is 8.49. The highest BCUT2D eigenvalue weighted by Gasteiger charge is 1.93. The minimum Gasteiger partial charge on any atom is -0.325 e. The molecule has 0 bridgehead atoms. The van der Waals surface area contributed by atoms with Crippen LogP contribution in [0.3, 0.4) is 0 Å². The molecular weight excluding hydrogens is 120 g/mol. The van der Waals surface area contributed by atoms with Gasteiger partial charge in [0, 0.05) is 16.9 Å². The van der Waals surface area contributed by atoms with Crippen LogP contribution in [0.25, 0.3) is 0 Å². The van der Waals surface area contributed by atoms with Crippen molar-refractivity contribution in [3.05, 3.63) is 23.1 Å². The fraction of sp³-hybridized carbons (Fsp3) is 0.333. The molecule has 1 rings (SSSR count). The number of hydrogen-bond donors (Lipinski definition) is 1. The van der Waals surface area contributed by atoms with Crippen LogP contribution >= 0.6 is 12.0 Å². The van der Waals surface area contributed by atoms with Crippen molar-refractivity contribution >= 4 is 12.0 Å². The minimum atomic E-state index is 0.820. The van der Waals surface area contributed by atoms with E-state index in [2.05, 4.69) is 6.08 Å². The van der Waals surface area contributed by atoms with Crippen LogP contribution in [-0.2, 0) is 0 Å². The van der Waals surface area contributed by atoms with Crippen LogP contribution in [0.2, 0.25) is 0 Å². The van der Waals surface area contributed by atoms with Gasteiger partial charge in [0.05, 0.1) is 0 Å². The Morgan fingerprint density at radius 3 is 2.75 bits per heavy atom. The number of allylic oxidation sites excluding steroid dienone is 3. The Hall–Kier alpha value is -0.210. The van der Waals surface area contributed by atoms with Crippen LogP contribution in [0.5, 0.6) is 0 Å². The largest absolute Gasteiger partial charge is 0.325 e. The minimum absolute atomic E-state index is 0.820. The number of hydrogen-bond acceptors (Lipinski definition) is 2. The molecule has 0 spiro atoms. The lowest BCUT2D eigenvalue weighted by Gasteiger charge is -1.98. The molecule has 1 nitrogen and oxygen atoms in total. The fourth-order valence-corrected chi connectivity index (χ4v) is 1.01. The molecule has 0 saturated heterocycles. The molecule has 1 aliphatic carbocycles. The highest BCUT2D eigenvalue weighted by molar-refractivity contribution is 7.97. The molecule has 0 heterocycles. The molecule has 0 unspecified atom stereocenters. The summed E-state index contributed by atoms with van der Waals surface area (Å²) in [6.45, 7) is 0. The molecule has 1 N–H and O–H groups in total. The second-order valence-corrected chi connectivity index (χ2v) is 2.33. The normalized spacial score (nSPS) is 18.4. The van der Waals surface area contributed by atoms with Crippen molar-refractivity contribution in [3.63, 3.8) is 0 Å². The molecule has 0 atom stereocenters. The first-order valence-electron chi connectivity index (χ1n) is 2.61. The van der Waals surface area contributed by atoms with E-state index in [1.54, 1.807) is 0 Å². The van der Waals surface area contributed by atoms with Gasteiger partial charge in [-0.3, -0.25) is 0 Å². The summed E-state index contributed by atoms with van der Waals surface area (Å²) in [5.41, 5.74) is 0. The Labute approximate surface area is 53.3 Å². The van der Waals surface area contributed by atoms with Gasteiger partial charge in [0.1, 0.15) is 0 Å². The SMILES string of the molecule is OSC1=CCCC=C1. The van der Waals surface area contributed by atoms with Crippen LogP contribution in [0.1, 0.15) is 12.8 Å². The molecule has 2 heteroatoms. The third-order valence-electron chi connectivity index (χ3n) is 1.07. The molecule has 0 aromatic rings. The first kappa shape index (κ1) is 5.92. The first-order chi connectivity index (χ1) is 3.93. The average Bonchev–Trinajstić information content (AvgIpc) is 1.90. The van der Waals surface area contributed by atoms with Crippen molar-refractivity contribution in [3.8, 4) is 0 Å². The van der Waals surface area contributed by atoms with E-state index in [1.165, 1.54) is 0 Å². The zero-order valence-electron chi connectivity index (χ0n) is 4.50. The van der Waals surface area contributed by atoms with Gasteiger partial charge in [-0.15, -0.1) is 0 Å².